The zero-order chi connectivity index (χ0) is 25.5. The molecule has 0 unspecified atom stereocenters. The van der Waals surface area contributed by atoms with E-state index >= 15 is 0 Å². The quantitative estimate of drug-likeness (QED) is 0.222. The number of ether oxygens (including phenoxy) is 2. The summed E-state index contributed by atoms with van der Waals surface area (Å²) in [6.45, 7) is 4.14. The second-order valence-corrected chi connectivity index (χ2v) is 11.6. The third-order valence-corrected chi connectivity index (χ3v) is 7.83. The molecule has 0 bridgehead atoms. The Bertz CT molecular complexity index is 1200. The lowest BCUT2D eigenvalue weighted by atomic mass is 10.1. The third-order valence-electron chi connectivity index (χ3n) is 4.68. The number of carbonyl (C=O) groups excluding carboxylic acids is 2. The van der Waals surface area contributed by atoms with Crippen molar-refractivity contribution in [2.24, 2.45) is 4.99 Å². The summed E-state index contributed by atoms with van der Waals surface area (Å²) >= 11 is 8.95. The van der Waals surface area contributed by atoms with Gasteiger partial charge in [0.15, 0.2) is 0 Å². The molecule has 0 fully saturated rings. The number of amides is 1. The predicted octanol–water partition coefficient (Wildman–Crippen LogP) is 7.43. The number of carbonyl (C=O) groups is 2. The fourth-order valence-corrected chi connectivity index (χ4v) is 6.49. The highest BCUT2D eigenvalue weighted by Crippen LogP contribution is 2.40. The number of esters is 1. The predicted molar refractivity (Wildman–Crippen MR) is 160 cm³/mol. The van der Waals surface area contributed by atoms with Crippen molar-refractivity contribution < 1.29 is 24.2 Å². The van der Waals surface area contributed by atoms with Gasteiger partial charge in [-0.2, -0.15) is 0 Å². The van der Waals surface area contributed by atoms with Crippen molar-refractivity contribution in [3.63, 3.8) is 0 Å². The molecule has 1 aliphatic rings. The van der Waals surface area contributed by atoms with Crippen LogP contribution in [0.5, 0.6) is 5.75 Å². The van der Waals surface area contributed by atoms with E-state index < -0.39 is 5.97 Å². The van der Waals surface area contributed by atoms with Crippen molar-refractivity contribution in [3.8, 4) is 5.75 Å². The maximum atomic E-state index is 12.5. The first kappa shape index (κ1) is 28.2. The summed E-state index contributed by atoms with van der Waals surface area (Å²) in [7, 11) is 0. The lowest BCUT2D eigenvalue weighted by molar-refractivity contribution is -0.138. The summed E-state index contributed by atoms with van der Waals surface area (Å²) in [5.41, 5.74) is 1.79. The zero-order valence-electron chi connectivity index (χ0n) is 18.9. The van der Waals surface area contributed by atoms with Gasteiger partial charge in [-0.25, -0.2) is 9.79 Å². The molecule has 0 spiro atoms. The fourth-order valence-electron chi connectivity index (χ4n) is 3.06. The average Bonchev–Trinajstić information content (AvgIpc) is 3.09. The summed E-state index contributed by atoms with van der Waals surface area (Å²) in [4.78, 5) is 29.1. The van der Waals surface area contributed by atoms with Crippen molar-refractivity contribution >= 4 is 95.9 Å². The SMILES string of the molecule is CCCC(=O)N=C1S/C(=C\c2cc(I)c(OCc3ccc(Br)cc3)c(I)c2)C(O)=C1C(=O)OCC. The van der Waals surface area contributed by atoms with Crippen LogP contribution in [0.3, 0.4) is 0 Å². The van der Waals surface area contributed by atoms with Crippen LogP contribution in [0.1, 0.15) is 37.8 Å². The molecule has 1 heterocycles. The van der Waals surface area contributed by atoms with E-state index in [-0.39, 0.29) is 35.3 Å². The first-order chi connectivity index (χ1) is 16.7. The number of benzene rings is 2. The van der Waals surface area contributed by atoms with E-state index in [1.807, 2.05) is 43.3 Å². The number of aliphatic hydroxyl groups excluding tert-OH is 1. The normalized spacial score (nSPS) is 15.7. The van der Waals surface area contributed by atoms with Gasteiger partial charge in [-0.1, -0.05) is 46.7 Å². The van der Waals surface area contributed by atoms with E-state index in [0.717, 1.165) is 40.3 Å². The van der Waals surface area contributed by atoms with E-state index in [2.05, 4.69) is 66.1 Å². The van der Waals surface area contributed by atoms with Crippen LogP contribution >= 0.6 is 72.9 Å². The molecule has 2 aromatic carbocycles. The van der Waals surface area contributed by atoms with Gasteiger partial charge in [-0.15, -0.1) is 0 Å². The van der Waals surface area contributed by atoms with Gasteiger partial charge in [0.2, 0.25) is 5.91 Å². The van der Waals surface area contributed by atoms with Gasteiger partial charge >= 0.3 is 5.97 Å². The maximum absolute atomic E-state index is 12.5. The van der Waals surface area contributed by atoms with Gasteiger partial charge < -0.3 is 14.6 Å². The summed E-state index contributed by atoms with van der Waals surface area (Å²) in [5, 5.41) is 11.0. The van der Waals surface area contributed by atoms with Crippen LogP contribution in [0.2, 0.25) is 0 Å². The molecule has 0 aliphatic carbocycles. The van der Waals surface area contributed by atoms with Gasteiger partial charge in [-0.3, -0.25) is 4.79 Å². The second-order valence-electron chi connectivity index (χ2n) is 7.34. The molecule has 3 rings (SSSR count). The van der Waals surface area contributed by atoms with Crippen molar-refractivity contribution in [1.82, 2.24) is 0 Å². The van der Waals surface area contributed by atoms with Gasteiger partial charge in [-0.05, 0) is 100.0 Å². The molecule has 0 saturated heterocycles. The summed E-state index contributed by atoms with van der Waals surface area (Å²) in [5.74, 6) is -0.515. The summed E-state index contributed by atoms with van der Waals surface area (Å²) in [6, 6.07) is 11.8. The number of thioether (sulfide) groups is 1. The van der Waals surface area contributed by atoms with Crippen molar-refractivity contribution in [3.05, 3.63) is 75.4 Å². The Labute approximate surface area is 244 Å². The molecule has 0 radical (unpaired) electrons. The number of hydrogen-bond donors (Lipinski definition) is 1. The molecule has 0 aromatic heterocycles. The number of aliphatic hydroxyl groups is 1. The second kappa shape index (κ2) is 13.2. The molecular formula is C25H22BrI2NO5S. The molecule has 184 valence electrons. The van der Waals surface area contributed by atoms with Crippen LogP contribution < -0.4 is 4.74 Å². The smallest absolute Gasteiger partial charge is 0.344 e. The highest BCUT2D eigenvalue weighted by atomic mass is 127. The van der Waals surface area contributed by atoms with Gasteiger partial charge in [0.05, 0.1) is 18.7 Å². The monoisotopic (exact) mass is 781 g/mol. The lowest BCUT2D eigenvalue weighted by Crippen LogP contribution is -2.14. The molecule has 35 heavy (non-hydrogen) atoms. The topological polar surface area (TPSA) is 85.2 Å². The van der Waals surface area contributed by atoms with E-state index in [0.29, 0.717) is 17.9 Å². The van der Waals surface area contributed by atoms with Crippen molar-refractivity contribution in [1.29, 1.82) is 0 Å². The molecule has 1 aliphatic heterocycles. The van der Waals surface area contributed by atoms with Crippen LogP contribution in [-0.4, -0.2) is 28.6 Å². The Morgan fingerprint density at radius 2 is 1.80 bits per heavy atom. The zero-order valence-corrected chi connectivity index (χ0v) is 25.7. The van der Waals surface area contributed by atoms with Crippen LogP contribution in [0, 0.1) is 7.14 Å². The lowest BCUT2D eigenvalue weighted by Gasteiger charge is -2.12. The van der Waals surface area contributed by atoms with E-state index in [1.165, 1.54) is 0 Å². The molecule has 1 amide bonds. The largest absolute Gasteiger partial charge is 0.506 e. The first-order valence-electron chi connectivity index (χ1n) is 10.7. The van der Waals surface area contributed by atoms with E-state index in [4.69, 9.17) is 9.47 Å². The minimum atomic E-state index is -0.704. The molecule has 10 heteroatoms. The fraction of sp³-hybridized carbons (Fsp3) is 0.240. The molecule has 0 saturated carbocycles. The Kier molecular flexibility index (Phi) is 10.7. The minimum Gasteiger partial charge on any atom is -0.506 e. The summed E-state index contributed by atoms with van der Waals surface area (Å²) in [6.07, 6.45) is 2.66. The number of hydrogen-bond acceptors (Lipinski definition) is 6. The average molecular weight is 782 g/mol. The Morgan fingerprint density at radius 1 is 1.14 bits per heavy atom. The highest BCUT2D eigenvalue weighted by molar-refractivity contribution is 14.1. The van der Waals surface area contributed by atoms with Gasteiger partial charge in [0.25, 0.3) is 0 Å². The van der Waals surface area contributed by atoms with Crippen LogP contribution in [0.15, 0.2) is 62.1 Å². The van der Waals surface area contributed by atoms with E-state index in [9.17, 15) is 14.7 Å². The Hall–Kier alpha value is -1.38. The number of aliphatic imine (C=N–C) groups is 1. The highest BCUT2D eigenvalue weighted by Gasteiger charge is 2.33. The number of halogens is 3. The van der Waals surface area contributed by atoms with Crippen LogP contribution in [-0.2, 0) is 20.9 Å². The summed E-state index contributed by atoms with van der Waals surface area (Å²) < 4.78 is 14.0. The standard InChI is InChI=1S/C25H22BrI2NO5S/c1-3-5-20(30)29-24-21(25(32)33-4-2)22(31)19(35-24)12-15-10-17(27)23(18(28)11-15)34-13-14-6-8-16(26)9-7-14/h6-12,31H,3-5,13H2,1-2H3/b19-12-,29-24?. The number of rotatable bonds is 8. The van der Waals surface area contributed by atoms with Crippen LogP contribution in [0.4, 0.5) is 0 Å². The number of nitrogens with zero attached hydrogens (tertiary/aromatic N) is 1. The maximum Gasteiger partial charge on any atom is 0.344 e. The third kappa shape index (κ3) is 7.56. The molecular weight excluding hydrogens is 760 g/mol. The van der Waals surface area contributed by atoms with Crippen LogP contribution in [0.25, 0.3) is 6.08 Å². The van der Waals surface area contributed by atoms with Gasteiger partial charge in [0.1, 0.15) is 28.7 Å². The molecule has 0 atom stereocenters. The first-order valence-corrected chi connectivity index (χ1v) is 14.5. The Morgan fingerprint density at radius 3 is 2.40 bits per heavy atom. The molecule has 1 N–H and O–H groups in total. The molecule has 6 nitrogen and oxygen atoms in total. The van der Waals surface area contributed by atoms with Gasteiger partial charge in [0, 0.05) is 10.9 Å². The minimum absolute atomic E-state index is 0.0774. The van der Waals surface area contributed by atoms with E-state index in [1.54, 1.807) is 13.0 Å². The van der Waals surface area contributed by atoms with Crippen molar-refractivity contribution in [2.75, 3.05) is 6.61 Å². The Balaban J connectivity index is 1.88. The molecule has 2 aromatic rings. The van der Waals surface area contributed by atoms with Crippen molar-refractivity contribution in [2.45, 2.75) is 33.3 Å².